The maximum atomic E-state index is 13.2. The Labute approximate surface area is 110 Å². The minimum Gasteiger partial charge on any atom is -0.494 e. The molecule has 0 saturated carbocycles. The van der Waals surface area contributed by atoms with Crippen molar-refractivity contribution in [2.75, 3.05) is 6.61 Å². The first kappa shape index (κ1) is 13.3. The minimum atomic E-state index is -0.841. The number of aromatic nitrogens is 2. The van der Waals surface area contributed by atoms with E-state index in [0.29, 0.717) is 18.0 Å². The Kier molecular flexibility index (Phi) is 3.94. The average Bonchev–Trinajstić information content (AvgIpc) is 2.42. The van der Waals surface area contributed by atoms with Crippen molar-refractivity contribution in [1.82, 2.24) is 9.97 Å². The summed E-state index contributed by atoms with van der Waals surface area (Å²) < 4.78 is 18.7. The van der Waals surface area contributed by atoms with E-state index in [1.165, 1.54) is 6.92 Å². The minimum absolute atomic E-state index is 0.0880. The van der Waals surface area contributed by atoms with Crippen molar-refractivity contribution < 1.29 is 9.13 Å². The van der Waals surface area contributed by atoms with Crippen LogP contribution in [0.4, 0.5) is 4.39 Å². The lowest BCUT2D eigenvalue weighted by molar-refractivity contribution is 0.317. The molecule has 1 heterocycles. The van der Waals surface area contributed by atoms with Gasteiger partial charge in [0.25, 0.3) is 5.56 Å². The largest absolute Gasteiger partial charge is 0.494 e. The Morgan fingerprint density at radius 2 is 2.00 bits per heavy atom. The zero-order chi connectivity index (χ0) is 13.8. The lowest BCUT2D eigenvalue weighted by Gasteiger charge is -2.06. The molecule has 0 radical (unpaired) electrons. The van der Waals surface area contributed by atoms with Crippen molar-refractivity contribution in [3.8, 4) is 17.1 Å². The second kappa shape index (κ2) is 5.65. The van der Waals surface area contributed by atoms with E-state index in [4.69, 9.17) is 4.74 Å². The fourth-order valence-corrected chi connectivity index (χ4v) is 1.64. The monoisotopic (exact) mass is 262 g/mol. The van der Waals surface area contributed by atoms with Crippen LogP contribution in [0, 0.1) is 12.7 Å². The second-order valence-electron chi connectivity index (χ2n) is 4.19. The molecule has 100 valence electrons. The number of aromatic amines is 1. The van der Waals surface area contributed by atoms with Gasteiger partial charge in [0.05, 0.1) is 12.3 Å². The van der Waals surface area contributed by atoms with E-state index in [0.717, 1.165) is 12.2 Å². The zero-order valence-electron chi connectivity index (χ0n) is 10.9. The quantitative estimate of drug-likeness (QED) is 0.921. The molecular formula is C14H15FN2O2. The third-order valence-electron chi connectivity index (χ3n) is 2.63. The van der Waals surface area contributed by atoms with Gasteiger partial charge < -0.3 is 9.72 Å². The van der Waals surface area contributed by atoms with Gasteiger partial charge >= 0.3 is 0 Å². The van der Waals surface area contributed by atoms with Crippen molar-refractivity contribution in [2.45, 2.75) is 20.3 Å². The van der Waals surface area contributed by atoms with Gasteiger partial charge in [-0.05, 0) is 37.6 Å². The van der Waals surface area contributed by atoms with Gasteiger partial charge in [0.2, 0.25) is 5.82 Å². The smallest absolute Gasteiger partial charge is 0.287 e. The number of H-pyrrole nitrogens is 1. The normalized spacial score (nSPS) is 10.5. The molecule has 0 spiro atoms. The molecule has 5 heteroatoms. The molecule has 0 aliphatic carbocycles. The van der Waals surface area contributed by atoms with Gasteiger partial charge in [-0.25, -0.2) is 4.98 Å². The second-order valence-corrected chi connectivity index (χ2v) is 4.19. The van der Waals surface area contributed by atoms with Crippen LogP contribution in [-0.2, 0) is 0 Å². The van der Waals surface area contributed by atoms with E-state index in [2.05, 4.69) is 9.97 Å². The number of nitrogens with zero attached hydrogens (tertiary/aromatic N) is 1. The topological polar surface area (TPSA) is 55.0 Å². The molecule has 1 aromatic heterocycles. The Morgan fingerprint density at radius 1 is 1.32 bits per heavy atom. The van der Waals surface area contributed by atoms with E-state index >= 15 is 0 Å². The Balaban J connectivity index is 2.30. The highest BCUT2D eigenvalue weighted by molar-refractivity contribution is 5.56. The highest BCUT2D eigenvalue weighted by Gasteiger charge is 2.08. The highest BCUT2D eigenvalue weighted by atomic mass is 19.1. The van der Waals surface area contributed by atoms with Gasteiger partial charge in [-0.3, -0.25) is 4.79 Å². The summed E-state index contributed by atoms with van der Waals surface area (Å²) in [6.07, 6.45) is 0.938. The number of benzene rings is 1. The van der Waals surface area contributed by atoms with E-state index in [9.17, 15) is 9.18 Å². The summed E-state index contributed by atoms with van der Waals surface area (Å²) in [5.74, 6) is 0.268. The van der Waals surface area contributed by atoms with Crippen LogP contribution in [0.25, 0.3) is 11.4 Å². The van der Waals surface area contributed by atoms with Crippen LogP contribution in [-0.4, -0.2) is 16.6 Å². The molecule has 0 atom stereocenters. The fraction of sp³-hybridized carbons (Fsp3) is 0.286. The number of nitrogens with one attached hydrogen (secondary N) is 1. The summed E-state index contributed by atoms with van der Waals surface area (Å²) >= 11 is 0. The van der Waals surface area contributed by atoms with Crippen LogP contribution < -0.4 is 10.3 Å². The third kappa shape index (κ3) is 2.99. The molecule has 0 aliphatic heterocycles. The molecule has 0 saturated heterocycles. The maximum absolute atomic E-state index is 13.2. The predicted octanol–water partition coefficient (Wildman–Crippen LogP) is 2.67. The third-order valence-corrected chi connectivity index (χ3v) is 2.63. The van der Waals surface area contributed by atoms with Gasteiger partial charge in [-0.1, -0.05) is 6.92 Å². The molecule has 1 N–H and O–H groups in total. The number of rotatable bonds is 4. The maximum Gasteiger partial charge on any atom is 0.287 e. The standard InChI is InChI=1S/C14H15FN2O2/c1-3-8-19-11-6-4-10(5-7-11)13-16-9(2)12(15)14(18)17-13/h4-7H,3,8H2,1-2H3,(H,16,17,18). The molecule has 2 rings (SSSR count). The molecular weight excluding hydrogens is 247 g/mol. The van der Waals surface area contributed by atoms with Crippen molar-refractivity contribution in [2.24, 2.45) is 0 Å². The van der Waals surface area contributed by atoms with Crippen LogP contribution in [0.2, 0.25) is 0 Å². The van der Waals surface area contributed by atoms with Crippen molar-refractivity contribution in [3.05, 3.63) is 46.1 Å². The van der Waals surface area contributed by atoms with Gasteiger partial charge in [-0.15, -0.1) is 0 Å². The SMILES string of the molecule is CCCOc1ccc(-c2nc(C)c(F)c(=O)[nH]2)cc1. The van der Waals surface area contributed by atoms with E-state index in [-0.39, 0.29) is 5.69 Å². The lowest BCUT2D eigenvalue weighted by Crippen LogP contribution is -2.15. The molecule has 19 heavy (non-hydrogen) atoms. The Bertz CT molecular complexity index is 620. The molecule has 1 aromatic carbocycles. The van der Waals surface area contributed by atoms with Crippen molar-refractivity contribution >= 4 is 0 Å². The number of ether oxygens (including phenoxy) is 1. The Hall–Kier alpha value is -2.17. The first-order chi connectivity index (χ1) is 9.11. The van der Waals surface area contributed by atoms with Crippen LogP contribution in [0.5, 0.6) is 5.75 Å². The molecule has 2 aromatic rings. The summed E-state index contributed by atoms with van der Waals surface area (Å²) in [5.41, 5.74) is 0.0444. The molecule has 0 aliphatic rings. The molecule has 0 unspecified atom stereocenters. The lowest BCUT2D eigenvalue weighted by atomic mass is 10.2. The fourth-order valence-electron chi connectivity index (χ4n) is 1.64. The van der Waals surface area contributed by atoms with Gasteiger partial charge in [-0.2, -0.15) is 4.39 Å². The number of hydrogen-bond donors (Lipinski definition) is 1. The van der Waals surface area contributed by atoms with E-state index in [1.54, 1.807) is 24.3 Å². The number of halogens is 1. The van der Waals surface area contributed by atoms with Gasteiger partial charge in [0.15, 0.2) is 0 Å². The zero-order valence-corrected chi connectivity index (χ0v) is 10.9. The number of hydrogen-bond acceptors (Lipinski definition) is 3. The predicted molar refractivity (Wildman–Crippen MR) is 70.8 cm³/mol. The van der Waals surface area contributed by atoms with Crippen LogP contribution in [0.15, 0.2) is 29.1 Å². The first-order valence-electron chi connectivity index (χ1n) is 6.11. The van der Waals surface area contributed by atoms with Crippen LogP contribution >= 0.6 is 0 Å². The highest BCUT2D eigenvalue weighted by Crippen LogP contribution is 2.19. The van der Waals surface area contributed by atoms with Crippen molar-refractivity contribution in [3.63, 3.8) is 0 Å². The van der Waals surface area contributed by atoms with Crippen molar-refractivity contribution in [1.29, 1.82) is 0 Å². The summed E-state index contributed by atoms with van der Waals surface area (Å²) in [5, 5.41) is 0. The summed E-state index contributed by atoms with van der Waals surface area (Å²) in [6.45, 7) is 4.15. The molecule has 4 nitrogen and oxygen atoms in total. The summed E-state index contributed by atoms with van der Waals surface area (Å²) in [6, 6.07) is 7.15. The average molecular weight is 262 g/mol. The van der Waals surface area contributed by atoms with Crippen LogP contribution in [0.1, 0.15) is 19.0 Å². The number of aryl methyl sites for hydroxylation is 1. The first-order valence-corrected chi connectivity index (χ1v) is 6.11. The molecule has 0 amide bonds. The van der Waals surface area contributed by atoms with E-state index < -0.39 is 11.4 Å². The molecule has 0 bridgehead atoms. The Morgan fingerprint density at radius 3 is 2.58 bits per heavy atom. The summed E-state index contributed by atoms with van der Waals surface area (Å²) in [7, 11) is 0. The van der Waals surface area contributed by atoms with Gasteiger partial charge in [0, 0.05) is 5.56 Å². The van der Waals surface area contributed by atoms with E-state index in [1.807, 2.05) is 6.92 Å². The van der Waals surface area contributed by atoms with Gasteiger partial charge in [0.1, 0.15) is 11.6 Å². The van der Waals surface area contributed by atoms with Crippen LogP contribution in [0.3, 0.4) is 0 Å². The molecule has 0 fully saturated rings. The summed E-state index contributed by atoms with van der Waals surface area (Å²) in [4.78, 5) is 17.8.